The number of ether oxygens (including phenoxy) is 1. The van der Waals surface area contributed by atoms with Gasteiger partial charge in [-0.05, 0) is 51.8 Å². The number of rotatable bonds is 3. The van der Waals surface area contributed by atoms with Gasteiger partial charge in [-0.3, -0.25) is 11.3 Å². The summed E-state index contributed by atoms with van der Waals surface area (Å²) in [5.74, 6) is 1.56. The van der Waals surface area contributed by atoms with Crippen molar-refractivity contribution in [3.63, 3.8) is 0 Å². The van der Waals surface area contributed by atoms with Crippen LogP contribution in [0.3, 0.4) is 0 Å². The van der Waals surface area contributed by atoms with Crippen molar-refractivity contribution in [2.24, 2.45) is 11.8 Å². The highest BCUT2D eigenvalue weighted by Gasteiger charge is 2.49. The molecule has 21 heavy (non-hydrogen) atoms. The maximum atomic E-state index is 13.5. The van der Waals surface area contributed by atoms with E-state index >= 15 is 0 Å². The van der Waals surface area contributed by atoms with Gasteiger partial charge in [0.1, 0.15) is 0 Å². The summed E-state index contributed by atoms with van der Waals surface area (Å²) in [5.41, 5.74) is 1.98. The van der Waals surface area contributed by atoms with Crippen LogP contribution < -0.4 is 11.3 Å². The van der Waals surface area contributed by atoms with E-state index in [9.17, 15) is 13.2 Å². The van der Waals surface area contributed by atoms with Gasteiger partial charge in [-0.1, -0.05) is 0 Å². The van der Waals surface area contributed by atoms with Crippen molar-refractivity contribution < 1.29 is 17.9 Å². The molecule has 0 spiro atoms. The summed E-state index contributed by atoms with van der Waals surface area (Å²) in [4.78, 5) is 0. The summed E-state index contributed by atoms with van der Waals surface area (Å²) in [6.07, 6.45) is 0.662. The molecule has 0 aliphatic carbocycles. The normalized spacial score (nSPS) is 25.0. The van der Waals surface area contributed by atoms with E-state index in [1.54, 1.807) is 0 Å². The van der Waals surface area contributed by atoms with E-state index in [1.807, 2.05) is 27.7 Å². The van der Waals surface area contributed by atoms with Gasteiger partial charge in [-0.2, -0.15) is 0 Å². The van der Waals surface area contributed by atoms with E-state index < -0.39 is 29.1 Å². The summed E-state index contributed by atoms with van der Waals surface area (Å²) in [6, 6.07) is 1.42. The third kappa shape index (κ3) is 3.07. The summed E-state index contributed by atoms with van der Waals surface area (Å²) in [7, 11) is 0. The van der Waals surface area contributed by atoms with Gasteiger partial charge in [0.25, 0.3) is 0 Å². The minimum Gasteiger partial charge on any atom is -0.369 e. The molecule has 0 amide bonds. The smallest absolute Gasteiger partial charge is 0.194 e. The molecule has 1 aliphatic heterocycles. The van der Waals surface area contributed by atoms with Gasteiger partial charge < -0.3 is 4.74 Å². The summed E-state index contributed by atoms with van der Waals surface area (Å²) < 4.78 is 46.0. The van der Waals surface area contributed by atoms with Gasteiger partial charge in [-0.15, -0.1) is 0 Å². The van der Waals surface area contributed by atoms with Crippen molar-refractivity contribution in [2.75, 3.05) is 0 Å². The summed E-state index contributed by atoms with van der Waals surface area (Å²) in [5, 5.41) is 0. The van der Waals surface area contributed by atoms with Crippen LogP contribution in [0.5, 0.6) is 0 Å². The fraction of sp³-hybridized carbons (Fsp3) is 0.600. The molecule has 3 nitrogen and oxygen atoms in total. The molecule has 118 valence electrons. The monoisotopic (exact) mass is 302 g/mol. The first kappa shape index (κ1) is 16.3. The van der Waals surface area contributed by atoms with Crippen LogP contribution in [-0.2, 0) is 4.74 Å². The van der Waals surface area contributed by atoms with E-state index in [1.165, 1.54) is 0 Å². The largest absolute Gasteiger partial charge is 0.369 e. The van der Waals surface area contributed by atoms with Crippen molar-refractivity contribution in [1.29, 1.82) is 0 Å². The van der Waals surface area contributed by atoms with Crippen LogP contribution in [0.1, 0.15) is 45.7 Å². The number of benzene rings is 1. The first-order chi connectivity index (χ1) is 9.57. The Morgan fingerprint density at radius 3 is 2.10 bits per heavy atom. The molecule has 1 heterocycles. The van der Waals surface area contributed by atoms with Gasteiger partial charge >= 0.3 is 0 Å². The Morgan fingerprint density at radius 2 is 1.71 bits per heavy atom. The zero-order valence-electron chi connectivity index (χ0n) is 12.6. The topological polar surface area (TPSA) is 47.3 Å². The Labute approximate surface area is 122 Å². The number of hydrazine groups is 1. The number of hydrogen-bond acceptors (Lipinski definition) is 3. The van der Waals surface area contributed by atoms with Gasteiger partial charge in [0.2, 0.25) is 0 Å². The van der Waals surface area contributed by atoms with Gasteiger partial charge in [-0.25, -0.2) is 13.2 Å². The summed E-state index contributed by atoms with van der Waals surface area (Å²) >= 11 is 0. The summed E-state index contributed by atoms with van der Waals surface area (Å²) in [6.45, 7) is 7.72. The van der Waals surface area contributed by atoms with E-state index in [0.29, 0.717) is 6.42 Å². The zero-order valence-corrected chi connectivity index (χ0v) is 12.6. The van der Waals surface area contributed by atoms with Crippen LogP contribution in [-0.4, -0.2) is 11.2 Å². The average molecular weight is 302 g/mol. The molecule has 1 aromatic carbocycles. The number of nitrogens with two attached hydrogens (primary N) is 1. The Balaban J connectivity index is 2.41. The molecule has 2 atom stereocenters. The molecule has 0 aromatic heterocycles. The van der Waals surface area contributed by atoms with E-state index in [4.69, 9.17) is 10.6 Å². The third-order valence-electron chi connectivity index (χ3n) is 4.09. The lowest BCUT2D eigenvalue weighted by molar-refractivity contribution is -0.0779. The number of nitrogens with one attached hydrogen (secondary N) is 1. The van der Waals surface area contributed by atoms with Crippen LogP contribution in [0.15, 0.2) is 12.1 Å². The van der Waals surface area contributed by atoms with Gasteiger partial charge in [0.15, 0.2) is 17.5 Å². The average Bonchev–Trinajstić information content (AvgIpc) is 2.55. The Kier molecular flexibility index (Phi) is 4.08. The SMILES string of the molecule is CC1(C)CC(C(NN)c2cc(F)c(F)c(F)c2)C(C)(C)O1. The zero-order chi connectivity index (χ0) is 16.0. The molecule has 1 aliphatic rings. The molecular formula is C15H21F3N2O. The lowest BCUT2D eigenvalue weighted by Gasteiger charge is -2.33. The lowest BCUT2D eigenvalue weighted by atomic mass is 9.79. The lowest BCUT2D eigenvalue weighted by Crippen LogP contribution is -2.41. The van der Waals surface area contributed by atoms with Crippen LogP contribution in [0.4, 0.5) is 13.2 Å². The van der Waals surface area contributed by atoms with Crippen LogP contribution in [0, 0.1) is 23.4 Å². The minimum atomic E-state index is -1.48. The van der Waals surface area contributed by atoms with E-state index in [-0.39, 0.29) is 17.1 Å². The molecule has 1 aromatic rings. The van der Waals surface area contributed by atoms with Crippen molar-refractivity contribution in [1.82, 2.24) is 5.43 Å². The standard InChI is InChI=1S/C15H21F3N2O/c1-14(2)7-9(15(3,4)21-14)13(20-19)8-5-10(16)12(18)11(17)6-8/h5-6,9,13,20H,7,19H2,1-4H3. The highest BCUT2D eigenvalue weighted by atomic mass is 19.2. The molecule has 0 bridgehead atoms. The molecule has 2 rings (SSSR count). The third-order valence-corrected chi connectivity index (χ3v) is 4.09. The maximum absolute atomic E-state index is 13.5. The van der Waals surface area contributed by atoms with Crippen molar-refractivity contribution >= 4 is 0 Å². The molecule has 0 radical (unpaired) electrons. The molecule has 1 saturated heterocycles. The second-order valence-electron chi connectivity index (χ2n) is 6.72. The van der Waals surface area contributed by atoms with Crippen molar-refractivity contribution in [3.05, 3.63) is 35.1 Å². The van der Waals surface area contributed by atoms with Gasteiger partial charge in [0.05, 0.1) is 17.2 Å². The van der Waals surface area contributed by atoms with Crippen molar-refractivity contribution in [2.45, 2.75) is 51.4 Å². The van der Waals surface area contributed by atoms with Crippen LogP contribution in [0.2, 0.25) is 0 Å². The fourth-order valence-corrected chi connectivity index (χ4v) is 3.32. The Morgan fingerprint density at radius 1 is 1.19 bits per heavy atom. The first-order valence-electron chi connectivity index (χ1n) is 6.88. The first-order valence-corrected chi connectivity index (χ1v) is 6.88. The molecule has 2 unspecified atom stereocenters. The van der Waals surface area contributed by atoms with Crippen molar-refractivity contribution in [3.8, 4) is 0 Å². The predicted molar refractivity (Wildman–Crippen MR) is 73.7 cm³/mol. The molecule has 6 heteroatoms. The van der Waals surface area contributed by atoms with Crippen LogP contribution >= 0.6 is 0 Å². The van der Waals surface area contributed by atoms with E-state index in [0.717, 1.165) is 12.1 Å². The maximum Gasteiger partial charge on any atom is 0.194 e. The van der Waals surface area contributed by atoms with Crippen LogP contribution in [0.25, 0.3) is 0 Å². The second-order valence-corrected chi connectivity index (χ2v) is 6.72. The highest BCUT2D eigenvalue weighted by molar-refractivity contribution is 5.24. The molecular weight excluding hydrogens is 281 g/mol. The number of hydrogen-bond donors (Lipinski definition) is 2. The molecule has 1 fully saturated rings. The second kappa shape index (κ2) is 5.26. The molecule has 0 saturated carbocycles. The quantitative estimate of drug-likeness (QED) is 0.512. The fourth-order valence-electron chi connectivity index (χ4n) is 3.32. The Hall–Kier alpha value is -1.11. The minimum absolute atomic E-state index is 0.109. The number of halogens is 3. The molecule has 3 N–H and O–H groups in total. The Bertz CT molecular complexity index is 523. The highest BCUT2D eigenvalue weighted by Crippen LogP contribution is 2.47. The van der Waals surface area contributed by atoms with E-state index in [2.05, 4.69) is 5.43 Å². The predicted octanol–water partition coefficient (Wildman–Crippen LogP) is 3.20. The van der Waals surface area contributed by atoms with Gasteiger partial charge in [0, 0.05) is 5.92 Å².